The smallest absolute Gasteiger partial charge is 0.231 e. The van der Waals surface area contributed by atoms with E-state index in [2.05, 4.69) is 66.4 Å². The molecular formula is C22H21N4+. The van der Waals surface area contributed by atoms with Crippen LogP contribution in [0.2, 0.25) is 0 Å². The lowest BCUT2D eigenvalue weighted by atomic mass is 9.96. The number of aromatic nitrogens is 1. The van der Waals surface area contributed by atoms with Gasteiger partial charge in [0.25, 0.3) is 0 Å². The zero-order valence-corrected chi connectivity index (χ0v) is 15.3. The molecule has 0 aliphatic carbocycles. The van der Waals surface area contributed by atoms with Crippen LogP contribution in [0, 0.1) is 20.8 Å². The van der Waals surface area contributed by atoms with Gasteiger partial charge in [0, 0.05) is 17.3 Å². The zero-order valence-electron chi connectivity index (χ0n) is 15.3. The van der Waals surface area contributed by atoms with Crippen molar-refractivity contribution in [2.24, 2.45) is 10.3 Å². The summed E-state index contributed by atoms with van der Waals surface area (Å²) >= 11 is 0. The van der Waals surface area contributed by atoms with Crippen LogP contribution in [0.4, 0.5) is 5.69 Å². The van der Waals surface area contributed by atoms with Gasteiger partial charge in [0.05, 0.1) is 10.8 Å². The molecule has 0 spiro atoms. The molecule has 0 fully saturated rings. The summed E-state index contributed by atoms with van der Waals surface area (Å²) in [4.78, 5) is 4.43. The minimum atomic E-state index is 0.677. The number of rotatable bonds is 3. The molecule has 0 unspecified atom stereocenters. The molecule has 2 heterocycles. The number of nitrogens with zero attached hydrogens (tertiary/aromatic N) is 4. The van der Waals surface area contributed by atoms with Gasteiger partial charge < -0.3 is 0 Å². The molecule has 4 heteroatoms. The number of aryl methyl sites for hydroxylation is 3. The average molecular weight is 341 g/mol. The first kappa shape index (κ1) is 16.3. The Morgan fingerprint density at radius 2 is 1.69 bits per heavy atom. The van der Waals surface area contributed by atoms with E-state index in [0.29, 0.717) is 6.54 Å². The van der Waals surface area contributed by atoms with Gasteiger partial charge in [-0.05, 0) is 56.2 Å². The molecule has 0 atom stereocenters. The third-order valence-electron chi connectivity index (χ3n) is 4.64. The molecule has 0 radical (unpaired) electrons. The summed E-state index contributed by atoms with van der Waals surface area (Å²) in [7, 11) is 0. The van der Waals surface area contributed by atoms with Crippen LogP contribution in [0.1, 0.15) is 22.3 Å². The van der Waals surface area contributed by atoms with Gasteiger partial charge in [0.1, 0.15) is 5.22 Å². The predicted octanol–water partition coefficient (Wildman–Crippen LogP) is 5.19. The van der Waals surface area contributed by atoms with Crippen molar-refractivity contribution in [2.75, 3.05) is 6.54 Å². The Kier molecular flexibility index (Phi) is 4.17. The molecule has 2 aromatic carbocycles. The molecule has 0 saturated heterocycles. The molecule has 1 aliphatic rings. The third kappa shape index (κ3) is 3.06. The van der Waals surface area contributed by atoms with Crippen molar-refractivity contribution >= 4 is 11.4 Å². The summed E-state index contributed by atoms with van der Waals surface area (Å²) in [6.07, 6.45) is 1.81. The second-order valence-corrected chi connectivity index (χ2v) is 6.73. The standard InChI is InChI=1S/C22H21N4/c1-15-11-16(2)22(17(3)12-15)21-14-26(25-24-21)19-8-6-7-18(13-19)20-9-4-5-10-23-20/h4-13H,14H2,1-3H3/q+1. The van der Waals surface area contributed by atoms with Crippen molar-refractivity contribution in [1.29, 1.82) is 0 Å². The Hall–Kier alpha value is -3.14. The van der Waals surface area contributed by atoms with Gasteiger partial charge in [0.15, 0.2) is 12.2 Å². The molecular weight excluding hydrogens is 320 g/mol. The first-order valence-corrected chi connectivity index (χ1v) is 8.76. The second-order valence-electron chi connectivity index (χ2n) is 6.73. The summed E-state index contributed by atoms with van der Waals surface area (Å²) < 4.78 is 1.94. The largest absolute Gasteiger partial charge is 0.256 e. The van der Waals surface area contributed by atoms with Crippen molar-refractivity contribution in [3.63, 3.8) is 0 Å². The normalized spacial score (nSPS) is 13.5. The van der Waals surface area contributed by atoms with Crippen molar-refractivity contribution in [3.05, 3.63) is 83.0 Å². The monoisotopic (exact) mass is 341 g/mol. The molecule has 0 saturated carbocycles. The van der Waals surface area contributed by atoms with Gasteiger partial charge in [0.2, 0.25) is 5.71 Å². The Bertz CT molecular complexity index is 1010. The third-order valence-corrected chi connectivity index (χ3v) is 4.64. The first-order chi connectivity index (χ1) is 12.6. The fraction of sp³-hybridized carbons (Fsp3) is 0.182. The van der Waals surface area contributed by atoms with Crippen LogP contribution in [-0.4, -0.2) is 21.9 Å². The Balaban J connectivity index is 1.62. The molecule has 4 nitrogen and oxygen atoms in total. The quantitative estimate of drug-likeness (QED) is 0.605. The zero-order chi connectivity index (χ0) is 18.1. The summed E-state index contributed by atoms with van der Waals surface area (Å²) in [5.41, 5.74) is 9.06. The van der Waals surface area contributed by atoms with Gasteiger partial charge in [-0.2, -0.15) is 0 Å². The molecule has 0 N–H and O–H groups in total. The molecule has 128 valence electrons. The summed E-state index contributed by atoms with van der Waals surface area (Å²) in [5.74, 6) is 0. The lowest BCUT2D eigenvalue weighted by molar-refractivity contribution is -0.492. The average Bonchev–Trinajstić information content (AvgIpc) is 3.11. The molecule has 1 aromatic heterocycles. The lowest BCUT2D eigenvalue weighted by Crippen LogP contribution is -2.14. The molecule has 0 amide bonds. The van der Waals surface area contributed by atoms with Gasteiger partial charge >= 0.3 is 0 Å². The van der Waals surface area contributed by atoms with Gasteiger partial charge in [-0.25, -0.2) is 0 Å². The fourth-order valence-electron chi connectivity index (χ4n) is 3.58. The van der Waals surface area contributed by atoms with Gasteiger partial charge in [-0.1, -0.05) is 35.9 Å². The highest BCUT2D eigenvalue weighted by atomic mass is 15.5. The molecule has 0 bridgehead atoms. The van der Waals surface area contributed by atoms with Crippen LogP contribution in [0.3, 0.4) is 0 Å². The van der Waals surface area contributed by atoms with E-state index in [1.807, 2.05) is 35.2 Å². The molecule has 4 rings (SSSR count). The summed E-state index contributed by atoms with van der Waals surface area (Å²) in [6, 6.07) is 18.6. The van der Waals surface area contributed by atoms with E-state index >= 15 is 0 Å². The number of hydrogen-bond donors (Lipinski definition) is 0. The topological polar surface area (TPSA) is 40.6 Å². The Labute approximate surface area is 153 Å². The van der Waals surface area contributed by atoms with Crippen LogP contribution in [0.15, 0.2) is 71.1 Å². The van der Waals surface area contributed by atoms with Crippen LogP contribution >= 0.6 is 0 Å². The first-order valence-electron chi connectivity index (χ1n) is 8.76. The van der Waals surface area contributed by atoms with Gasteiger partial charge in [-0.15, -0.1) is 4.70 Å². The van der Waals surface area contributed by atoms with Gasteiger partial charge in [-0.3, -0.25) is 4.98 Å². The van der Waals surface area contributed by atoms with E-state index in [-0.39, 0.29) is 0 Å². The van der Waals surface area contributed by atoms with Crippen LogP contribution in [-0.2, 0) is 0 Å². The maximum Gasteiger partial charge on any atom is 0.231 e. The highest BCUT2D eigenvalue weighted by molar-refractivity contribution is 6.04. The second kappa shape index (κ2) is 6.64. The van der Waals surface area contributed by atoms with Crippen molar-refractivity contribution in [1.82, 2.24) is 4.98 Å². The number of pyridine rings is 1. The van der Waals surface area contributed by atoms with Crippen molar-refractivity contribution < 1.29 is 4.70 Å². The molecule has 3 aromatic rings. The van der Waals surface area contributed by atoms with Crippen LogP contribution in [0.5, 0.6) is 0 Å². The number of benzene rings is 2. The molecule has 26 heavy (non-hydrogen) atoms. The highest BCUT2D eigenvalue weighted by Gasteiger charge is 2.26. The lowest BCUT2D eigenvalue weighted by Gasteiger charge is -2.08. The van der Waals surface area contributed by atoms with E-state index in [0.717, 1.165) is 22.7 Å². The Morgan fingerprint density at radius 3 is 2.42 bits per heavy atom. The highest BCUT2D eigenvalue weighted by Crippen LogP contribution is 2.26. The van der Waals surface area contributed by atoms with Crippen molar-refractivity contribution in [2.45, 2.75) is 20.8 Å². The van der Waals surface area contributed by atoms with E-state index in [4.69, 9.17) is 0 Å². The van der Waals surface area contributed by atoms with Crippen LogP contribution in [0.25, 0.3) is 11.3 Å². The molecule has 1 aliphatic heterocycles. The maximum atomic E-state index is 4.47. The SMILES string of the molecule is Cc1cc(C)c(C2=NN=[N+](c3cccc(-c4ccccn4)c3)C2)c(C)c1. The fourth-order valence-corrected chi connectivity index (χ4v) is 3.58. The number of hydrogen-bond acceptors (Lipinski definition) is 3. The van der Waals surface area contributed by atoms with E-state index in [1.54, 1.807) is 0 Å². The van der Waals surface area contributed by atoms with Crippen LogP contribution < -0.4 is 0 Å². The summed E-state index contributed by atoms with van der Waals surface area (Å²) in [6.45, 7) is 7.08. The maximum absolute atomic E-state index is 4.47. The Morgan fingerprint density at radius 1 is 0.885 bits per heavy atom. The predicted molar refractivity (Wildman–Crippen MR) is 104 cm³/mol. The van der Waals surface area contributed by atoms with E-state index in [9.17, 15) is 0 Å². The minimum absolute atomic E-state index is 0.677. The van der Waals surface area contributed by atoms with Crippen molar-refractivity contribution in [3.8, 4) is 11.3 Å². The van der Waals surface area contributed by atoms with E-state index in [1.165, 1.54) is 22.3 Å². The van der Waals surface area contributed by atoms with E-state index < -0.39 is 0 Å². The summed E-state index contributed by atoms with van der Waals surface area (Å²) in [5, 5.41) is 8.87. The minimum Gasteiger partial charge on any atom is -0.256 e.